The summed E-state index contributed by atoms with van der Waals surface area (Å²) in [5.74, 6) is 0.690. The maximum Gasteiger partial charge on any atom is 0.361 e. The molecule has 5 heteroatoms. The van der Waals surface area contributed by atoms with E-state index in [-0.39, 0.29) is 6.01 Å². The molecule has 0 aliphatic carbocycles. The second-order valence-electron chi connectivity index (χ2n) is 2.83. The van der Waals surface area contributed by atoms with Crippen molar-refractivity contribution in [1.82, 2.24) is 20.2 Å². The topological polar surface area (TPSA) is 52.8 Å². The van der Waals surface area contributed by atoms with Gasteiger partial charge in [-0.25, -0.2) is 0 Å². The van der Waals surface area contributed by atoms with Crippen LogP contribution in [-0.2, 0) is 6.54 Å². The number of allylic oxidation sites excluding steroid dienone is 1. The molecule has 0 amide bonds. The molecule has 2 rings (SSSR count). The summed E-state index contributed by atoms with van der Waals surface area (Å²) in [4.78, 5) is 1.41. The highest BCUT2D eigenvalue weighted by atomic mass is 16.5. The van der Waals surface area contributed by atoms with Gasteiger partial charge in [0.25, 0.3) is 0 Å². The molecule has 0 saturated heterocycles. The van der Waals surface area contributed by atoms with Gasteiger partial charge in [-0.2, -0.15) is 4.80 Å². The summed E-state index contributed by atoms with van der Waals surface area (Å²) in [6.07, 6.45) is 1.69. The van der Waals surface area contributed by atoms with Gasteiger partial charge in [0, 0.05) is 0 Å². The minimum Gasteiger partial charge on any atom is -0.422 e. The van der Waals surface area contributed by atoms with E-state index in [9.17, 15) is 0 Å². The fourth-order valence-corrected chi connectivity index (χ4v) is 1.06. The van der Waals surface area contributed by atoms with Crippen molar-refractivity contribution < 1.29 is 4.74 Å². The summed E-state index contributed by atoms with van der Waals surface area (Å²) in [5, 5.41) is 11.5. The monoisotopic (exact) mass is 202 g/mol. The first-order chi connectivity index (χ1) is 7.38. The number of para-hydroxylation sites is 1. The van der Waals surface area contributed by atoms with Crippen LogP contribution in [0.3, 0.4) is 0 Å². The molecule has 1 aromatic heterocycles. The number of rotatable bonds is 4. The van der Waals surface area contributed by atoms with Gasteiger partial charge in [0.2, 0.25) is 0 Å². The Morgan fingerprint density at radius 2 is 2.13 bits per heavy atom. The average molecular weight is 202 g/mol. The van der Waals surface area contributed by atoms with Crippen molar-refractivity contribution in [3.63, 3.8) is 0 Å². The van der Waals surface area contributed by atoms with Crippen LogP contribution in [0.15, 0.2) is 43.0 Å². The maximum atomic E-state index is 5.37. The molecule has 0 unspecified atom stereocenters. The maximum absolute atomic E-state index is 5.37. The van der Waals surface area contributed by atoms with Crippen LogP contribution >= 0.6 is 0 Å². The van der Waals surface area contributed by atoms with E-state index in [1.165, 1.54) is 4.80 Å². The van der Waals surface area contributed by atoms with Crippen molar-refractivity contribution >= 4 is 0 Å². The summed E-state index contributed by atoms with van der Waals surface area (Å²) >= 11 is 0. The molecule has 0 aliphatic rings. The van der Waals surface area contributed by atoms with Crippen molar-refractivity contribution in [3.05, 3.63) is 43.0 Å². The average Bonchev–Trinajstić information content (AvgIpc) is 2.68. The van der Waals surface area contributed by atoms with Crippen molar-refractivity contribution in [3.8, 4) is 11.8 Å². The first-order valence-electron chi connectivity index (χ1n) is 4.50. The molecule has 0 saturated carbocycles. The zero-order valence-corrected chi connectivity index (χ0v) is 8.08. The quantitative estimate of drug-likeness (QED) is 0.707. The Morgan fingerprint density at radius 3 is 2.87 bits per heavy atom. The Bertz CT molecular complexity index is 438. The number of nitrogens with zero attached hydrogens (tertiary/aromatic N) is 4. The lowest BCUT2D eigenvalue weighted by Gasteiger charge is -1.97. The van der Waals surface area contributed by atoms with Crippen molar-refractivity contribution in [2.24, 2.45) is 0 Å². The summed E-state index contributed by atoms with van der Waals surface area (Å²) in [5.41, 5.74) is 0. The lowest BCUT2D eigenvalue weighted by atomic mass is 10.3. The predicted molar refractivity (Wildman–Crippen MR) is 54.5 cm³/mol. The first-order valence-corrected chi connectivity index (χ1v) is 4.50. The van der Waals surface area contributed by atoms with Crippen LogP contribution in [0.2, 0.25) is 0 Å². The standard InChI is InChI=1S/C10H10N4O/c1-2-8-14-12-10(11-13-14)15-9-6-4-3-5-7-9/h2-7H,1,8H2. The highest BCUT2D eigenvalue weighted by molar-refractivity contribution is 5.23. The minimum atomic E-state index is 0.239. The molecule has 0 aliphatic heterocycles. The van der Waals surface area contributed by atoms with Gasteiger partial charge < -0.3 is 4.74 Å². The summed E-state index contributed by atoms with van der Waals surface area (Å²) in [7, 11) is 0. The normalized spacial score (nSPS) is 9.87. The zero-order chi connectivity index (χ0) is 10.5. The molecule has 0 N–H and O–H groups in total. The van der Waals surface area contributed by atoms with Gasteiger partial charge in [-0.05, 0) is 17.3 Å². The lowest BCUT2D eigenvalue weighted by Crippen LogP contribution is -1.99. The molecular weight excluding hydrogens is 192 g/mol. The third-order valence-corrected chi connectivity index (χ3v) is 1.68. The number of tetrazole rings is 1. The minimum absolute atomic E-state index is 0.239. The number of benzene rings is 1. The van der Waals surface area contributed by atoms with E-state index >= 15 is 0 Å². The molecule has 2 aromatic rings. The van der Waals surface area contributed by atoms with Crippen LogP contribution in [0.4, 0.5) is 0 Å². The summed E-state index contributed by atoms with van der Waals surface area (Å²) in [6.45, 7) is 4.10. The van der Waals surface area contributed by atoms with Gasteiger partial charge in [-0.3, -0.25) is 0 Å². The van der Waals surface area contributed by atoms with Gasteiger partial charge in [0.1, 0.15) is 5.75 Å². The van der Waals surface area contributed by atoms with Gasteiger partial charge in [-0.1, -0.05) is 34.5 Å². The fraction of sp³-hybridized carbons (Fsp3) is 0.100. The molecule has 0 radical (unpaired) electrons. The van der Waals surface area contributed by atoms with Crippen molar-refractivity contribution in [1.29, 1.82) is 0 Å². The Balaban J connectivity index is 2.08. The third-order valence-electron chi connectivity index (χ3n) is 1.68. The molecular formula is C10H10N4O. The van der Waals surface area contributed by atoms with Gasteiger partial charge in [0.15, 0.2) is 0 Å². The Labute approximate surface area is 87.0 Å². The molecule has 5 nitrogen and oxygen atoms in total. The smallest absolute Gasteiger partial charge is 0.361 e. The van der Waals surface area contributed by atoms with E-state index in [0.717, 1.165) is 0 Å². The highest BCUT2D eigenvalue weighted by Crippen LogP contribution is 2.14. The number of ether oxygens (including phenoxy) is 1. The van der Waals surface area contributed by atoms with Crippen LogP contribution in [0, 0.1) is 0 Å². The van der Waals surface area contributed by atoms with Crippen LogP contribution in [0.1, 0.15) is 0 Å². The second-order valence-corrected chi connectivity index (χ2v) is 2.83. The molecule has 0 bridgehead atoms. The van der Waals surface area contributed by atoms with Gasteiger partial charge in [0.05, 0.1) is 6.54 Å². The largest absolute Gasteiger partial charge is 0.422 e. The molecule has 76 valence electrons. The van der Waals surface area contributed by atoms with Crippen LogP contribution < -0.4 is 4.74 Å². The molecule has 0 spiro atoms. The molecule has 1 heterocycles. The van der Waals surface area contributed by atoms with E-state index in [1.54, 1.807) is 6.08 Å². The number of aromatic nitrogens is 4. The summed E-state index contributed by atoms with van der Waals surface area (Å²) < 4.78 is 5.37. The zero-order valence-electron chi connectivity index (χ0n) is 8.08. The molecule has 15 heavy (non-hydrogen) atoms. The van der Waals surface area contributed by atoms with E-state index in [4.69, 9.17) is 4.74 Å². The van der Waals surface area contributed by atoms with E-state index in [2.05, 4.69) is 22.0 Å². The lowest BCUT2D eigenvalue weighted by molar-refractivity contribution is 0.437. The molecule has 0 atom stereocenters. The third kappa shape index (κ3) is 2.40. The van der Waals surface area contributed by atoms with E-state index < -0.39 is 0 Å². The molecule has 0 fully saturated rings. The molecule has 1 aromatic carbocycles. The van der Waals surface area contributed by atoms with Crippen LogP contribution in [0.5, 0.6) is 11.8 Å². The highest BCUT2D eigenvalue weighted by Gasteiger charge is 2.03. The van der Waals surface area contributed by atoms with Gasteiger partial charge in [-0.15, -0.1) is 6.58 Å². The second kappa shape index (κ2) is 4.36. The number of hydrogen-bond donors (Lipinski definition) is 0. The van der Waals surface area contributed by atoms with Crippen molar-refractivity contribution in [2.75, 3.05) is 0 Å². The number of hydrogen-bond acceptors (Lipinski definition) is 4. The Hall–Kier alpha value is -2.17. The van der Waals surface area contributed by atoms with Crippen LogP contribution in [0.25, 0.3) is 0 Å². The van der Waals surface area contributed by atoms with Gasteiger partial charge >= 0.3 is 6.01 Å². The summed E-state index contributed by atoms with van der Waals surface area (Å²) in [6, 6.07) is 9.56. The Morgan fingerprint density at radius 1 is 1.33 bits per heavy atom. The van der Waals surface area contributed by atoms with Crippen molar-refractivity contribution in [2.45, 2.75) is 6.54 Å². The van der Waals surface area contributed by atoms with Crippen LogP contribution in [-0.4, -0.2) is 20.2 Å². The fourth-order valence-electron chi connectivity index (χ4n) is 1.06. The van der Waals surface area contributed by atoms with E-state index in [0.29, 0.717) is 12.3 Å². The van der Waals surface area contributed by atoms with E-state index in [1.807, 2.05) is 30.3 Å². The first kappa shape index (κ1) is 9.39. The Kier molecular flexibility index (Phi) is 2.73. The predicted octanol–water partition coefficient (Wildman–Crippen LogP) is 1.65. The SMILES string of the molecule is C=CCn1nnc(Oc2ccccc2)n1.